The number of nitrogens with one attached hydrogen (secondary N) is 2. The zero-order valence-corrected chi connectivity index (χ0v) is 19.3. The molecule has 2 N–H and O–H groups in total. The van der Waals surface area contributed by atoms with E-state index >= 15 is 0 Å². The van der Waals surface area contributed by atoms with Crippen LogP contribution in [0.4, 0.5) is 8.78 Å². The Morgan fingerprint density at radius 1 is 1.25 bits per heavy atom. The Hall–Kier alpha value is -1.00. The molecule has 1 atom stereocenters. The summed E-state index contributed by atoms with van der Waals surface area (Å²) < 4.78 is 32.3. The lowest BCUT2D eigenvalue weighted by atomic mass is 10.1. The molecule has 1 aliphatic rings. The van der Waals surface area contributed by atoms with E-state index in [1.807, 2.05) is 6.92 Å². The molecule has 160 valence electrons. The summed E-state index contributed by atoms with van der Waals surface area (Å²) in [6, 6.07) is 3.59. The molecule has 1 heterocycles. The van der Waals surface area contributed by atoms with E-state index in [4.69, 9.17) is 4.74 Å². The molecule has 1 aliphatic heterocycles. The summed E-state index contributed by atoms with van der Waals surface area (Å²) in [5.74, 6) is 0.231. The van der Waals surface area contributed by atoms with Gasteiger partial charge in [0.05, 0.1) is 19.3 Å². The number of guanidine groups is 1. The number of morpholine rings is 1. The Bertz CT molecular complexity index is 596. The number of nitrogens with zero attached hydrogens (tertiary/aromatic N) is 2. The number of hydrogen-bond acceptors (Lipinski definition) is 3. The number of halogens is 3. The third kappa shape index (κ3) is 9.47. The lowest BCUT2D eigenvalue weighted by Gasteiger charge is -2.33. The van der Waals surface area contributed by atoms with Gasteiger partial charge >= 0.3 is 0 Å². The van der Waals surface area contributed by atoms with Gasteiger partial charge in [-0.25, -0.2) is 8.78 Å². The molecule has 0 aromatic heterocycles. The number of benzene rings is 1. The summed E-state index contributed by atoms with van der Waals surface area (Å²) in [4.78, 5) is 7.04. The van der Waals surface area contributed by atoms with Crippen molar-refractivity contribution in [3.8, 4) is 0 Å². The van der Waals surface area contributed by atoms with Crippen molar-refractivity contribution in [2.75, 3.05) is 45.9 Å². The van der Waals surface area contributed by atoms with Gasteiger partial charge in [-0.3, -0.25) is 9.89 Å². The first-order chi connectivity index (χ1) is 13.0. The molecular weight excluding hydrogens is 477 g/mol. The van der Waals surface area contributed by atoms with Crippen molar-refractivity contribution in [3.05, 3.63) is 35.4 Å². The van der Waals surface area contributed by atoms with Gasteiger partial charge in [0.2, 0.25) is 0 Å². The average Bonchev–Trinajstić information content (AvgIpc) is 2.58. The van der Waals surface area contributed by atoms with Crippen molar-refractivity contribution >= 4 is 29.9 Å². The molecule has 8 heteroatoms. The van der Waals surface area contributed by atoms with Gasteiger partial charge < -0.3 is 15.4 Å². The van der Waals surface area contributed by atoms with Crippen LogP contribution in [0.5, 0.6) is 0 Å². The summed E-state index contributed by atoms with van der Waals surface area (Å²) in [5, 5.41) is 6.41. The van der Waals surface area contributed by atoms with E-state index in [-0.39, 0.29) is 30.1 Å². The minimum atomic E-state index is -0.550. The molecule has 0 radical (unpaired) electrons. The fourth-order valence-corrected chi connectivity index (χ4v) is 3.19. The molecule has 1 fully saturated rings. The summed E-state index contributed by atoms with van der Waals surface area (Å²) in [6.45, 7) is 12.0. The average molecular weight is 510 g/mol. The second-order valence-electron chi connectivity index (χ2n) is 7.32. The van der Waals surface area contributed by atoms with Crippen LogP contribution in [0.2, 0.25) is 0 Å². The standard InChI is InChI=1S/C20H32F2N4O.HI/c1-4-23-20(24-6-5-16-9-17(21)11-18(22)10-16)25-12-19-14-26(7-8-27-19)13-15(2)3;/h9-11,15,19H,4-8,12-14H2,1-3H3,(H2,23,24,25);1H. The fourth-order valence-electron chi connectivity index (χ4n) is 3.19. The Balaban J connectivity index is 0.00000392. The van der Waals surface area contributed by atoms with Crippen LogP contribution in [0, 0.1) is 17.6 Å². The molecule has 0 bridgehead atoms. The number of aliphatic imine (C=N–C) groups is 1. The summed E-state index contributed by atoms with van der Waals surface area (Å²) >= 11 is 0. The Kier molecular flexibility index (Phi) is 11.9. The highest BCUT2D eigenvalue weighted by atomic mass is 127. The van der Waals surface area contributed by atoms with Gasteiger partial charge in [-0.15, -0.1) is 24.0 Å². The van der Waals surface area contributed by atoms with Gasteiger partial charge in [-0.05, 0) is 37.0 Å². The monoisotopic (exact) mass is 510 g/mol. The maximum Gasteiger partial charge on any atom is 0.191 e. The third-order valence-corrected chi connectivity index (χ3v) is 4.27. The van der Waals surface area contributed by atoms with Crippen LogP contribution in [0.15, 0.2) is 23.2 Å². The Morgan fingerprint density at radius 2 is 1.96 bits per heavy atom. The van der Waals surface area contributed by atoms with Gasteiger partial charge in [0.25, 0.3) is 0 Å². The van der Waals surface area contributed by atoms with Crippen molar-refractivity contribution in [1.82, 2.24) is 15.5 Å². The van der Waals surface area contributed by atoms with Gasteiger partial charge in [0, 0.05) is 38.8 Å². The summed E-state index contributed by atoms with van der Waals surface area (Å²) in [6.07, 6.45) is 0.603. The maximum atomic E-state index is 13.3. The minimum absolute atomic E-state index is 0. The summed E-state index contributed by atoms with van der Waals surface area (Å²) in [7, 11) is 0. The largest absolute Gasteiger partial charge is 0.374 e. The van der Waals surface area contributed by atoms with Crippen LogP contribution < -0.4 is 10.6 Å². The van der Waals surface area contributed by atoms with Crippen LogP contribution in [0.1, 0.15) is 26.3 Å². The third-order valence-electron chi connectivity index (χ3n) is 4.27. The molecule has 0 aliphatic carbocycles. The molecule has 0 spiro atoms. The number of hydrogen-bond donors (Lipinski definition) is 2. The predicted molar refractivity (Wildman–Crippen MR) is 120 cm³/mol. The SMILES string of the molecule is CCNC(=NCC1CN(CC(C)C)CCO1)NCCc1cc(F)cc(F)c1.I. The molecule has 1 unspecified atom stereocenters. The van der Waals surface area contributed by atoms with Crippen molar-refractivity contribution in [2.24, 2.45) is 10.9 Å². The zero-order valence-electron chi connectivity index (χ0n) is 17.0. The highest BCUT2D eigenvalue weighted by molar-refractivity contribution is 14.0. The maximum absolute atomic E-state index is 13.3. The van der Waals surface area contributed by atoms with E-state index in [0.717, 1.165) is 38.9 Å². The molecule has 2 rings (SSSR count). The van der Waals surface area contributed by atoms with E-state index in [2.05, 4.69) is 34.4 Å². The van der Waals surface area contributed by atoms with Crippen LogP contribution in [0.25, 0.3) is 0 Å². The summed E-state index contributed by atoms with van der Waals surface area (Å²) in [5.41, 5.74) is 0.621. The van der Waals surface area contributed by atoms with E-state index < -0.39 is 11.6 Å². The minimum Gasteiger partial charge on any atom is -0.374 e. The number of ether oxygens (including phenoxy) is 1. The fraction of sp³-hybridized carbons (Fsp3) is 0.650. The highest BCUT2D eigenvalue weighted by Crippen LogP contribution is 2.09. The van der Waals surface area contributed by atoms with E-state index in [1.165, 1.54) is 12.1 Å². The molecule has 1 aromatic rings. The van der Waals surface area contributed by atoms with Gasteiger partial charge in [0.15, 0.2) is 5.96 Å². The second-order valence-corrected chi connectivity index (χ2v) is 7.32. The van der Waals surface area contributed by atoms with Crippen molar-refractivity contribution in [3.63, 3.8) is 0 Å². The van der Waals surface area contributed by atoms with Crippen LogP contribution in [-0.4, -0.2) is 62.8 Å². The lowest BCUT2D eigenvalue weighted by Crippen LogP contribution is -2.46. The van der Waals surface area contributed by atoms with Crippen molar-refractivity contribution < 1.29 is 13.5 Å². The molecule has 28 heavy (non-hydrogen) atoms. The molecule has 5 nitrogen and oxygen atoms in total. The first-order valence-electron chi connectivity index (χ1n) is 9.77. The zero-order chi connectivity index (χ0) is 19.6. The highest BCUT2D eigenvalue weighted by Gasteiger charge is 2.20. The van der Waals surface area contributed by atoms with Gasteiger partial charge in [0.1, 0.15) is 11.6 Å². The van der Waals surface area contributed by atoms with Crippen LogP contribution in [-0.2, 0) is 11.2 Å². The predicted octanol–water partition coefficient (Wildman–Crippen LogP) is 3.04. The van der Waals surface area contributed by atoms with Crippen molar-refractivity contribution in [2.45, 2.75) is 33.3 Å². The van der Waals surface area contributed by atoms with E-state index in [9.17, 15) is 8.78 Å². The number of rotatable bonds is 8. The first-order valence-corrected chi connectivity index (χ1v) is 9.77. The van der Waals surface area contributed by atoms with E-state index in [1.54, 1.807) is 0 Å². The molecule has 1 saturated heterocycles. The Morgan fingerprint density at radius 3 is 2.61 bits per heavy atom. The molecule has 1 aromatic carbocycles. The quantitative estimate of drug-likeness (QED) is 0.321. The van der Waals surface area contributed by atoms with Gasteiger partial charge in [-0.1, -0.05) is 13.8 Å². The Labute approximate surface area is 184 Å². The topological polar surface area (TPSA) is 48.9 Å². The molecule has 0 amide bonds. The normalized spacial score (nSPS) is 18.1. The molecule has 0 saturated carbocycles. The molecular formula is C20H33F2IN4O. The second kappa shape index (κ2) is 13.3. The van der Waals surface area contributed by atoms with E-state index in [0.29, 0.717) is 37.0 Å². The van der Waals surface area contributed by atoms with Crippen molar-refractivity contribution in [1.29, 1.82) is 0 Å². The van der Waals surface area contributed by atoms with Crippen LogP contribution >= 0.6 is 24.0 Å². The lowest BCUT2D eigenvalue weighted by molar-refractivity contribution is -0.0261. The smallest absolute Gasteiger partial charge is 0.191 e. The van der Waals surface area contributed by atoms with Crippen LogP contribution in [0.3, 0.4) is 0 Å². The first kappa shape index (κ1) is 25.0. The van der Waals surface area contributed by atoms with Gasteiger partial charge in [-0.2, -0.15) is 0 Å².